The standard InChI is InChI=1S/C17H11BrCl2/c18-10-13-4-1-3-11-9-12(7-8-14(11)13)17-15(19)5-2-6-16(17)20/h1-9H,10H2. The van der Waals surface area contributed by atoms with Crippen molar-refractivity contribution in [2.75, 3.05) is 0 Å². The van der Waals surface area contributed by atoms with Gasteiger partial charge in [0.15, 0.2) is 0 Å². The smallest absolute Gasteiger partial charge is 0.0499 e. The van der Waals surface area contributed by atoms with Crippen molar-refractivity contribution in [3.63, 3.8) is 0 Å². The third-order valence-corrected chi connectivity index (χ3v) is 4.60. The van der Waals surface area contributed by atoms with Crippen molar-refractivity contribution >= 4 is 49.9 Å². The van der Waals surface area contributed by atoms with Crippen molar-refractivity contribution < 1.29 is 0 Å². The summed E-state index contributed by atoms with van der Waals surface area (Å²) in [6.45, 7) is 0. The number of alkyl halides is 1. The molecule has 100 valence electrons. The Labute approximate surface area is 136 Å². The SMILES string of the molecule is Clc1cccc(Cl)c1-c1ccc2c(CBr)cccc2c1. The summed E-state index contributed by atoms with van der Waals surface area (Å²) in [5.41, 5.74) is 3.21. The minimum Gasteiger partial charge on any atom is -0.0876 e. The highest BCUT2D eigenvalue weighted by molar-refractivity contribution is 9.08. The van der Waals surface area contributed by atoms with E-state index in [0.717, 1.165) is 16.5 Å². The second-order valence-electron chi connectivity index (χ2n) is 4.58. The van der Waals surface area contributed by atoms with Gasteiger partial charge in [0.25, 0.3) is 0 Å². The Kier molecular flexibility index (Phi) is 4.02. The van der Waals surface area contributed by atoms with Crippen LogP contribution in [0.3, 0.4) is 0 Å². The van der Waals surface area contributed by atoms with Gasteiger partial charge in [0.2, 0.25) is 0 Å². The average Bonchev–Trinajstić information content (AvgIpc) is 2.46. The van der Waals surface area contributed by atoms with Gasteiger partial charge in [0.05, 0.1) is 0 Å². The average molecular weight is 366 g/mol. The summed E-state index contributed by atoms with van der Waals surface area (Å²) >= 11 is 16.1. The van der Waals surface area contributed by atoms with E-state index >= 15 is 0 Å². The molecule has 0 unspecified atom stereocenters. The lowest BCUT2D eigenvalue weighted by molar-refractivity contribution is 1.49. The predicted molar refractivity (Wildman–Crippen MR) is 92.0 cm³/mol. The third-order valence-electron chi connectivity index (χ3n) is 3.37. The Bertz CT molecular complexity index is 761. The van der Waals surface area contributed by atoms with Crippen LogP contribution in [-0.2, 0) is 5.33 Å². The molecule has 20 heavy (non-hydrogen) atoms. The zero-order valence-corrected chi connectivity index (χ0v) is 13.6. The largest absolute Gasteiger partial charge is 0.0876 e. The van der Waals surface area contributed by atoms with Crippen molar-refractivity contribution in [1.29, 1.82) is 0 Å². The predicted octanol–water partition coefficient (Wildman–Crippen LogP) is 6.71. The van der Waals surface area contributed by atoms with Crippen LogP contribution in [0.5, 0.6) is 0 Å². The van der Waals surface area contributed by atoms with Crippen LogP contribution in [0.15, 0.2) is 54.6 Å². The molecule has 3 heteroatoms. The molecule has 0 spiro atoms. The lowest BCUT2D eigenvalue weighted by atomic mass is 9.99. The Morgan fingerprint density at radius 2 is 1.55 bits per heavy atom. The second-order valence-corrected chi connectivity index (χ2v) is 5.96. The molecule has 0 atom stereocenters. The van der Waals surface area contributed by atoms with Gasteiger partial charge in [-0.25, -0.2) is 0 Å². The Morgan fingerprint density at radius 1 is 0.850 bits per heavy atom. The number of rotatable bonds is 2. The zero-order valence-electron chi connectivity index (χ0n) is 10.5. The van der Waals surface area contributed by atoms with Crippen molar-refractivity contribution in [2.45, 2.75) is 5.33 Å². The van der Waals surface area contributed by atoms with Gasteiger partial charge < -0.3 is 0 Å². The lowest BCUT2D eigenvalue weighted by Gasteiger charge is -2.10. The molecule has 0 aliphatic heterocycles. The van der Waals surface area contributed by atoms with E-state index in [2.05, 4.69) is 52.3 Å². The first-order valence-electron chi connectivity index (χ1n) is 6.22. The summed E-state index contributed by atoms with van der Waals surface area (Å²) in [4.78, 5) is 0. The highest BCUT2D eigenvalue weighted by Crippen LogP contribution is 2.36. The number of hydrogen-bond acceptors (Lipinski definition) is 0. The topological polar surface area (TPSA) is 0 Å². The summed E-state index contributed by atoms with van der Waals surface area (Å²) in [6, 6.07) is 18.2. The number of fused-ring (bicyclic) bond motifs is 1. The molecule has 0 aromatic heterocycles. The molecule has 0 amide bonds. The van der Waals surface area contributed by atoms with Gasteiger partial charge in [-0.1, -0.05) is 75.5 Å². The second kappa shape index (κ2) is 5.77. The van der Waals surface area contributed by atoms with Gasteiger partial charge in [-0.2, -0.15) is 0 Å². The van der Waals surface area contributed by atoms with E-state index in [4.69, 9.17) is 23.2 Å². The summed E-state index contributed by atoms with van der Waals surface area (Å²) in [5, 5.41) is 4.63. The van der Waals surface area contributed by atoms with Gasteiger partial charge in [-0.05, 0) is 40.1 Å². The molecule has 0 N–H and O–H groups in total. The monoisotopic (exact) mass is 364 g/mol. The molecule has 0 fully saturated rings. The van der Waals surface area contributed by atoms with Crippen LogP contribution in [-0.4, -0.2) is 0 Å². The first-order chi connectivity index (χ1) is 9.70. The van der Waals surface area contributed by atoms with Crippen LogP contribution in [0, 0.1) is 0 Å². The molecule has 0 aliphatic carbocycles. The van der Waals surface area contributed by atoms with Crippen molar-refractivity contribution in [3.8, 4) is 11.1 Å². The Morgan fingerprint density at radius 3 is 2.25 bits per heavy atom. The molecule has 0 heterocycles. The maximum atomic E-state index is 6.28. The fraction of sp³-hybridized carbons (Fsp3) is 0.0588. The normalized spacial score (nSPS) is 10.9. The highest BCUT2D eigenvalue weighted by atomic mass is 79.9. The Hall–Kier alpha value is -1.02. The van der Waals surface area contributed by atoms with Crippen molar-refractivity contribution in [2.24, 2.45) is 0 Å². The molecule has 3 aromatic rings. The fourth-order valence-corrected chi connectivity index (χ4v) is 3.50. The number of halogens is 3. The molecular weight excluding hydrogens is 355 g/mol. The molecular formula is C17H11BrCl2. The zero-order chi connectivity index (χ0) is 14.1. The van der Waals surface area contributed by atoms with Crippen LogP contribution in [0.1, 0.15) is 5.56 Å². The van der Waals surface area contributed by atoms with Gasteiger partial charge in [-0.3, -0.25) is 0 Å². The first-order valence-corrected chi connectivity index (χ1v) is 8.10. The maximum absolute atomic E-state index is 6.28. The van der Waals surface area contributed by atoms with E-state index in [1.807, 2.05) is 18.2 Å². The van der Waals surface area contributed by atoms with Crippen molar-refractivity contribution in [1.82, 2.24) is 0 Å². The van der Waals surface area contributed by atoms with Crippen LogP contribution in [0.25, 0.3) is 21.9 Å². The van der Waals surface area contributed by atoms with E-state index in [9.17, 15) is 0 Å². The van der Waals surface area contributed by atoms with E-state index in [1.165, 1.54) is 16.3 Å². The van der Waals surface area contributed by atoms with Gasteiger partial charge in [-0.15, -0.1) is 0 Å². The Balaban J connectivity index is 2.24. The molecule has 3 rings (SSSR count). The van der Waals surface area contributed by atoms with E-state index in [1.54, 1.807) is 0 Å². The summed E-state index contributed by atoms with van der Waals surface area (Å²) in [5.74, 6) is 0. The highest BCUT2D eigenvalue weighted by Gasteiger charge is 2.09. The minimum atomic E-state index is 0.675. The molecule has 3 aromatic carbocycles. The van der Waals surface area contributed by atoms with Gasteiger partial charge in [0.1, 0.15) is 0 Å². The van der Waals surface area contributed by atoms with Gasteiger partial charge in [0, 0.05) is 20.9 Å². The lowest BCUT2D eigenvalue weighted by Crippen LogP contribution is -1.85. The molecule has 0 aliphatic rings. The van der Waals surface area contributed by atoms with E-state index < -0.39 is 0 Å². The first kappa shape index (κ1) is 13.9. The number of hydrogen-bond donors (Lipinski definition) is 0. The fourth-order valence-electron chi connectivity index (χ4n) is 2.40. The summed E-state index contributed by atoms with van der Waals surface area (Å²) in [7, 11) is 0. The molecule has 0 radical (unpaired) electrons. The molecule has 0 bridgehead atoms. The van der Waals surface area contributed by atoms with Crippen LogP contribution in [0.2, 0.25) is 10.0 Å². The quantitative estimate of drug-likeness (QED) is 0.442. The minimum absolute atomic E-state index is 0.675. The van der Waals surface area contributed by atoms with E-state index in [0.29, 0.717) is 10.0 Å². The summed E-state index contributed by atoms with van der Waals surface area (Å²) < 4.78 is 0. The van der Waals surface area contributed by atoms with Crippen molar-refractivity contribution in [3.05, 3.63) is 70.2 Å². The van der Waals surface area contributed by atoms with Crippen LogP contribution < -0.4 is 0 Å². The molecule has 0 saturated carbocycles. The third kappa shape index (κ3) is 2.46. The molecule has 0 saturated heterocycles. The summed E-state index contributed by atoms with van der Waals surface area (Å²) in [6.07, 6.45) is 0. The molecule has 0 nitrogen and oxygen atoms in total. The van der Waals surface area contributed by atoms with E-state index in [-0.39, 0.29) is 0 Å². The maximum Gasteiger partial charge on any atom is 0.0499 e. The number of benzene rings is 3. The van der Waals surface area contributed by atoms with Gasteiger partial charge >= 0.3 is 0 Å². The van der Waals surface area contributed by atoms with Crippen LogP contribution >= 0.6 is 39.1 Å². The van der Waals surface area contributed by atoms with Crippen LogP contribution in [0.4, 0.5) is 0 Å².